The number of carboxylic acid groups (broad SMARTS) is 1. The van der Waals surface area contributed by atoms with Gasteiger partial charge < -0.3 is 20.2 Å². The van der Waals surface area contributed by atoms with Crippen LogP contribution < -0.4 is 10.2 Å². The molecule has 0 spiro atoms. The topological polar surface area (TPSA) is 157 Å². The summed E-state index contributed by atoms with van der Waals surface area (Å²) in [5.74, 6) is -2.64. The van der Waals surface area contributed by atoms with Crippen LogP contribution in [0.4, 0.5) is 15.8 Å². The molecule has 4 rings (SSSR count). The maximum absolute atomic E-state index is 13.4. The second-order valence-corrected chi connectivity index (χ2v) is 10.1. The number of rotatable bonds is 8. The van der Waals surface area contributed by atoms with E-state index >= 15 is 0 Å². The van der Waals surface area contributed by atoms with Gasteiger partial charge in [-0.1, -0.05) is 12.1 Å². The molecule has 1 aliphatic rings. The number of carboxylic acids is 1. The molecule has 2 amide bonds. The van der Waals surface area contributed by atoms with Crippen molar-refractivity contribution in [2.45, 2.75) is 38.4 Å². The van der Waals surface area contributed by atoms with Crippen LogP contribution in [0.25, 0.3) is 0 Å². The number of nitrogens with zero attached hydrogens (tertiary/aromatic N) is 4. The number of benzene rings is 3. The summed E-state index contributed by atoms with van der Waals surface area (Å²) in [7, 11) is 0. The van der Waals surface area contributed by atoms with Crippen molar-refractivity contribution < 1.29 is 28.8 Å². The number of nitriles is 1. The van der Waals surface area contributed by atoms with Crippen LogP contribution in [-0.4, -0.2) is 57.9 Å². The second-order valence-electron chi connectivity index (χ2n) is 10.1. The minimum Gasteiger partial charge on any atom is -0.481 e. The summed E-state index contributed by atoms with van der Waals surface area (Å²) in [5, 5.41) is 33.0. The number of anilines is 1. The average Bonchev–Trinajstić information content (AvgIpc) is 2.97. The van der Waals surface area contributed by atoms with Gasteiger partial charge in [0.2, 0.25) is 0 Å². The minimum absolute atomic E-state index is 0.0433. The molecular weight excluding hydrogens is 545 g/mol. The van der Waals surface area contributed by atoms with Gasteiger partial charge in [-0.05, 0) is 67.9 Å². The van der Waals surface area contributed by atoms with Gasteiger partial charge in [-0.3, -0.25) is 24.5 Å². The molecule has 1 fully saturated rings. The molecule has 1 saturated heterocycles. The summed E-state index contributed by atoms with van der Waals surface area (Å²) in [4.78, 5) is 52.7. The number of carbonyl (C=O) groups is 3. The van der Waals surface area contributed by atoms with Gasteiger partial charge in [-0.25, -0.2) is 4.39 Å². The van der Waals surface area contributed by atoms with E-state index in [4.69, 9.17) is 5.26 Å². The average molecular weight is 574 g/mol. The van der Waals surface area contributed by atoms with Crippen molar-refractivity contribution in [1.82, 2.24) is 10.2 Å². The number of nitro groups is 1. The molecule has 12 heteroatoms. The predicted molar refractivity (Wildman–Crippen MR) is 150 cm³/mol. The highest BCUT2D eigenvalue weighted by Crippen LogP contribution is 2.34. The van der Waals surface area contributed by atoms with Crippen LogP contribution in [0, 0.1) is 27.3 Å². The van der Waals surface area contributed by atoms with Gasteiger partial charge in [-0.2, -0.15) is 5.26 Å². The fourth-order valence-electron chi connectivity index (χ4n) is 5.02. The van der Waals surface area contributed by atoms with Crippen LogP contribution in [0.5, 0.6) is 0 Å². The molecule has 0 bridgehead atoms. The third-order valence-corrected chi connectivity index (χ3v) is 7.21. The lowest BCUT2D eigenvalue weighted by Gasteiger charge is -2.45. The quantitative estimate of drug-likeness (QED) is 0.298. The van der Waals surface area contributed by atoms with Gasteiger partial charge >= 0.3 is 5.97 Å². The van der Waals surface area contributed by atoms with Crippen molar-refractivity contribution in [1.29, 1.82) is 5.26 Å². The molecule has 0 saturated carbocycles. The first-order valence-corrected chi connectivity index (χ1v) is 13.1. The fraction of sp³-hybridized carbons (Fsp3) is 0.267. The highest BCUT2D eigenvalue weighted by molar-refractivity contribution is 5.96. The molecule has 42 heavy (non-hydrogen) atoms. The van der Waals surface area contributed by atoms with Crippen molar-refractivity contribution in [3.63, 3.8) is 0 Å². The summed E-state index contributed by atoms with van der Waals surface area (Å²) in [6.45, 7) is 4.26. The molecule has 216 valence electrons. The standard InChI is InChI=1S/C30H28FN5O6/c1-18-17-35(30(40)22-5-3-20(15-32)4-6-22)19(2)16-34(18)26-12-9-23(13-27(26)36(41)42)29(39)33-25(14-28(37)38)21-7-10-24(31)11-8-21/h3-13,18-19,25H,14,16-17H2,1-2H3,(H,33,39)(H,37,38). The summed E-state index contributed by atoms with van der Waals surface area (Å²) >= 11 is 0. The molecule has 3 unspecified atom stereocenters. The van der Waals surface area contributed by atoms with E-state index < -0.39 is 35.1 Å². The lowest BCUT2D eigenvalue weighted by atomic mass is 10.0. The number of nitro benzene ring substituents is 1. The van der Waals surface area contributed by atoms with E-state index in [9.17, 15) is 34.0 Å². The van der Waals surface area contributed by atoms with Crippen LogP contribution >= 0.6 is 0 Å². The number of carbonyl (C=O) groups excluding carboxylic acids is 2. The number of nitrogens with one attached hydrogen (secondary N) is 1. The zero-order chi connectivity index (χ0) is 30.6. The SMILES string of the molecule is CC1CN(c2ccc(C(=O)NC(CC(=O)O)c3ccc(F)cc3)cc2[N+](=O)[O-])C(C)CN1C(=O)c1ccc(C#N)cc1. The van der Waals surface area contributed by atoms with Gasteiger partial charge in [0.25, 0.3) is 17.5 Å². The molecule has 0 aliphatic carbocycles. The maximum Gasteiger partial charge on any atom is 0.305 e. The van der Waals surface area contributed by atoms with Gasteiger partial charge in [0.05, 0.1) is 29.0 Å². The summed E-state index contributed by atoms with van der Waals surface area (Å²) in [6, 6.07) is 15.8. The summed E-state index contributed by atoms with van der Waals surface area (Å²) < 4.78 is 13.4. The smallest absolute Gasteiger partial charge is 0.305 e. The third kappa shape index (κ3) is 6.52. The van der Waals surface area contributed by atoms with Crippen LogP contribution in [0.3, 0.4) is 0 Å². The van der Waals surface area contributed by atoms with Crippen molar-refractivity contribution in [3.8, 4) is 6.07 Å². The number of amides is 2. The summed E-state index contributed by atoms with van der Waals surface area (Å²) in [6.07, 6.45) is -0.474. The van der Waals surface area contributed by atoms with E-state index in [-0.39, 0.29) is 41.5 Å². The highest BCUT2D eigenvalue weighted by atomic mass is 19.1. The van der Waals surface area contributed by atoms with Gasteiger partial charge in [-0.15, -0.1) is 0 Å². The molecule has 3 aromatic rings. The number of aliphatic carboxylic acids is 1. The Hall–Kier alpha value is -5.31. The van der Waals surface area contributed by atoms with Crippen LogP contribution in [0.15, 0.2) is 66.7 Å². The Morgan fingerprint density at radius 2 is 1.69 bits per heavy atom. The van der Waals surface area contributed by atoms with Crippen molar-refractivity contribution in [2.24, 2.45) is 0 Å². The van der Waals surface area contributed by atoms with Crippen LogP contribution in [0.2, 0.25) is 0 Å². The van der Waals surface area contributed by atoms with Crippen LogP contribution in [0.1, 0.15) is 58.2 Å². The molecular formula is C30H28FN5O6. The Labute approximate surface area is 240 Å². The van der Waals surface area contributed by atoms with Crippen molar-refractivity contribution >= 4 is 29.2 Å². The van der Waals surface area contributed by atoms with E-state index in [0.717, 1.165) is 18.2 Å². The zero-order valence-electron chi connectivity index (χ0n) is 22.9. The lowest BCUT2D eigenvalue weighted by Crippen LogP contribution is -2.58. The van der Waals surface area contributed by atoms with Crippen LogP contribution in [-0.2, 0) is 4.79 Å². The molecule has 0 radical (unpaired) electrons. The van der Waals surface area contributed by atoms with E-state index in [1.807, 2.05) is 24.8 Å². The summed E-state index contributed by atoms with van der Waals surface area (Å²) in [5.41, 5.74) is 1.17. The van der Waals surface area contributed by atoms with Gasteiger partial charge in [0.1, 0.15) is 11.5 Å². The number of hydrogen-bond acceptors (Lipinski definition) is 7. The number of halogens is 1. The zero-order valence-corrected chi connectivity index (χ0v) is 22.9. The van der Waals surface area contributed by atoms with E-state index in [2.05, 4.69) is 5.32 Å². The van der Waals surface area contributed by atoms with Crippen molar-refractivity contribution in [2.75, 3.05) is 18.0 Å². The molecule has 2 N–H and O–H groups in total. The maximum atomic E-state index is 13.4. The minimum atomic E-state index is -1.19. The molecule has 0 aromatic heterocycles. The Balaban J connectivity index is 1.55. The molecule has 11 nitrogen and oxygen atoms in total. The Bertz CT molecular complexity index is 1550. The fourth-order valence-corrected chi connectivity index (χ4v) is 5.02. The highest BCUT2D eigenvalue weighted by Gasteiger charge is 2.35. The first-order valence-electron chi connectivity index (χ1n) is 13.1. The van der Waals surface area contributed by atoms with E-state index in [0.29, 0.717) is 23.2 Å². The molecule has 1 heterocycles. The van der Waals surface area contributed by atoms with E-state index in [1.165, 1.54) is 24.3 Å². The monoisotopic (exact) mass is 573 g/mol. The Morgan fingerprint density at radius 1 is 1.05 bits per heavy atom. The van der Waals surface area contributed by atoms with E-state index in [1.54, 1.807) is 29.2 Å². The molecule has 1 aliphatic heterocycles. The third-order valence-electron chi connectivity index (χ3n) is 7.21. The lowest BCUT2D eigenvalue weighted by molar-refractivity contribution is -0.384. The van der Waals surface area contributed by atoms with Gasteiger partial charge in [0, 0.05) is 42.4 Å². The second kappa shape index (κ2) is 12.5. The number of piperazine rings is 1. The Kier molecular flexibility index (Phi) is 8.81. The van der Waals surface area contributed by atoms with Crippen molar-refractivity contribution in [3.05, 3.63) is 105 Å². The largest absolute Gasteiger partial charge is 0.481 e. The Morgan fingerprint density at radius 3 is 2.29 bits per heavy atom. The predicted octanol–water partition coefficient (Wildman–Crippen LogP) is 4.29. The number of hydrogen-bond donors (Lipinski definition) is 2. The van der Waals surface area contributed by atoms with Gasteiger partial charge in [0.15, 0.2) is 0 Å². The molecule has 3 atom stereocenters. The molecule has 3 aromatic carbocycles. The normalized spacial score (nSPS) is 17.2. The first kappa shape index (κ1) is 29.7. The first-order chi connectivity index (χ1) is 20.0.